The Labute approximate surface area is 305 Å². The summed E-state index contributed by atoms with van der Waals surface area (Å²) in [6, 6.07) is 21.8. The molecule has 15 heteroatoms. The number of rotatable bonds is 13. The molecule has 13 nitrogen and oxygen atoms in total. The van der Waals surface area contributed by atoms with Gasteiger partial charge in [-0.05, 0) is 46.4 Å². The number of carbonyl (C=O) groups excluding carboxylic acids is 1. The molecule has 2 heterocycles. The van der Waals surface area contributed by atoms with Crippen molar-refractivity contribution in [1.29, 1.82) is 0 Å². The molecular formula is C30H27ClKN7O6. The number of carbonyl (C=O) groups is 1. The third kappa shape index (κ3) is 8.41. The molecule has 0 saturated carbocycles. The smallest absolute Gasteiger partial charge is 0.451 e. The van der Waals surface area contributed by atoms with Crippen molar-refractivity contribution in [3.8, 4) is 22.5 Å². The van der Waals surface area contributed by atoms with Gasteiger partial charge in [-0.2, -0.15) is 5.21 Å². The monoisotopic (exact) mass is 655 g/mol. The summed E-state index contributed by atoms with van der Waals surface area (Å²) in [7, 11) is 0. The molecule has 0 bridgehead atoms. The number of imidazole rings is 1. The normalized spacial score (nSPS) is 11.4. The minimum absolute atomic E-state index is 0. The summed E-state index contributed by atoms with van der Waals surface area (Å²) >= 11 is 6.44. The van der Waals surface area contributed by atoms with Gasteiger partial charge in [-0.3, -0.25) is 10.3 Å². The zero-order valence-electron chi connectivity index (χ0n) is 24.5. The molecule has 226 valence electrons. The van der Waals surface area contributed by atoms with Gasteiger partial charge < -0.3 is 24.3 Å². The molecule has 1 N–H and O–H groups in total. The summed E-state index contributed by atoms with van der Waals surface area (Å²) in [6.45, 7) is 1.58. The number of tetrazole rings is 1. The zero-order chi connectivity index (χ0) is 31.1. The van der Waals surface area contributed by atoms with Crippen LogP contribution < -0.4 is 56.5 Å². The molecule has 45 heavy (non-hydrogen) atoms. The van der Waals surface area contributed by atoms with E-state index in [4.69, 9.17) is 16.3 Å². The Balaban J connectivity index is 0.00000461. The first kappa shape index (κ1) is 34.4. The number of halogens is 1. The Bertz CT molecular complexity index is 1750. The van der Waals surface area contributed by atoms with E-state index in [-0.39, 0.29) is 75.3 Å². The van der Waals surface area contributed by atoms with Crippen LogP contribution in [0, 0.1) is 10.1 Å². The van der Waals surface area contributed by atoms with Gasteiger partial charge in [-0.15, -0.1) is 10.1 Å². The summed E-state index contributed by atoms with van der Waals surface area (Å²) in [6.07, 6.45) is 0.332. The van der Waals surface area contributed by atoms with Gasteiger partial charge in [0.2, 0.25) is 0 Å². The number of hydrogen-bond acceptors (Lipinski definition) is 10. The fraction of sp³-hybridized carbons (Fsp3) is 0.233. The number of aromatic nitrogens is 6. The number of ether oxygens (including phenoxy) is 1. The Morgan fingerprint density at radius 1 is 1.09 bits per heavy atom. The Morgan fingerprint density at radius 2 is 1.84 bits per heavy atom. The zero-order valence-corrected chi connectivity index (χ0v) is 28.4. The van der Waals surface area contributed by atoms with Gasteiger partial charge >= 0.3 is 57.4 Å². The topological polar surface area (TPSA) is 169 Å². The average Bonchev–Trinajstić information content (AvgIpc) is 3.68. The summed E-state index contributed by atoms with van der Waals surface area (Å²) in [5.41, 5.74) is 4.58. The van der Waals surface area contributed by atoms with E-state index in [0.29, 0.717) is 42.3 Å². The molecule has 1 unspecified atom stereocenters. The maximum absolute atomic E-state index is 13.2. The minimum Gasteiger partial charge on any atom is -0.451 e. The van der Waals surface area contributed by atoms with Crippen molar-refractivity contribution >= 4 is 17.6 Å². The van der Waals surface area contributed by atoms with Crippen molar-refractivity contribution < 1.29 is 75.9 Å². The van der Waals surface area contributed by atoms with Crippen molar-refractivity contribution in [2.45, 2.75) is 45.6 Å². The van der Waals surface area contributed by atoms with Gasteiger partial charge in [0.25, 0.3) is 5.09 Å². The van der Waals surface area contributed by atoms with Gasteiger partial charge in [-0.25, -0.2) is 9.78 Å². The van der Waals surface area contributed by atoms with Gasteiger partial charge in [-0.1, -0.05) is 85.6 Å². The van der Waals surface area contributed by atoms with Crippen LogP contribution >= 0.6 is 11.6 Å². The number of aliphatic hydroxyl groups is 1. The molecule has 0 radical (unpaired) electrons. The van der Waals surface area contributed by atoms with E-state index in [2.05, 4.69) is 30.4 Å². The fourth-order valence-electron chi connectivity index (χ4n) is 4.82. The number of benzene rings is 3. The van der Waals surface area contributed by atoms with Crippen LogP contribution in [0.25, 0.3) is 22.5 Å². The Kier molecular flexibility index (Phi) is 12.4. The molecule has 2 aromatic heterocycles. The predicted molar refractivity (Wildman–Crippen MR) is 158 cm³/mol. The van der Waals surface area contributed by atoms with E-state index >= 15 is 0 Å². The van der Waals surface area contributed by atoms with Gasteiger partial charge in [0.1, 0.15) is 6.61 Å². The van der Waals surface area contributed by atoms with Crippen LogP contribution in [0.5, 0.6) is 0 Å². The molecule has 0 aliphatic rings. The molecule has 0 aliphatic heterocycles. The van der Waals surface area contributed by atoms with Crippen LogP contribution in [-0.4, -0.2) is 41.2 Å². The van der Waals surface area contributed by atoms with E-state index < -0.39 is 17.2 Å². The van der Waals surface area contributed by atoms with E-state index in [1.165, 1.54) is 6.07 Å². The average molecular weight is 656 g/mol. The van der Waals surface area contributed by atoms with Gasteiger partial charge in [0.05, 0.1) is 17.9 Å². The summed E-state index contributed by atoms with van der Waals surface area (Å²) < 4.78 is 7.66. The van der Waals surface area contributed by atoms with Gasteiger partial charge in [0.15, 0.2) is 17.1 Å². The maximum Gasteiger partial charge on any atom is 1.00 e. The first-order valence-corrected chi connectivity index (χ1v) is 14.1. The van der Waals surface area contributed by atoms with E-state index in [1.807, 2.05) is 55.5 Å². The third-order valence-electron chi connectivity index (χ3n) is 6.88. The second kappa shape index (κ2) is 16.2. The standard InChI is InChI=1S/C30H27ClN7O6.K/c1-2-6-26(44-30(40)22-8-5-7-20(15-22)18-43-38(41)42)29-32-27(31)25(17-39)37(29)16-19-11-13-21(14-12-19)23-9-3-4-10-24(23)28-33-35-36-34-28;/h3-5,7-15,26,39H,2,6,16-18H2,1H3;/q-1;+1. The fourth-order valence-corrected chi connectivity index (χ4v) is 5.07. The summed E-state index contributed by atoms with van der Waals surface area (Å²) in [5.74, 6) is 0.192. The first-order valence-electron chi connectivity index (χ1n) is 13.7. The largest absolute Gasteiger partial charge is 1.00 e. The van der Waals surface area contributed by atoms with E-state index in [9.17, 15) is 20.0 Å². The van der Waals surface area contributed by atoms with Crippen molar-refractivity contribution in [3.05, 3.63) is 116 Å². The van der Waals surface area contributed by atoms with Crippen LogP contribution in [-0.2, 0) is 29.3 Å². The van der Waals surface area contributed by atoms with Crippen LogP contribution in [0.15, 0.2) is 72.8 Å². The molecular weight excluding hydrogens is 629 g/mol. The molecule has 1 atom stereocenters. The molecule has 0 spiro atoms. The van der Waals surface area contributed by atoms with Crippen molar-refractivity contribution in [1.82, 2.24) is 30.2 Å². The van der Waals surface area contributed by atoms with Crippen LogP contribution in [0.4, 0.5) is 0 Å². The third-order valence-corrected chi connectivity index (χ3v) is 7.19. The second-order valence-electron chi connectivity index (χ2n) is 9.78. The number of aliphatic hydroxyl groups excluding tert-OH is 1. The summed E-state index contributed by atoms with van der Waals surface area (Å²) in [4.78, 5) is 32.6. The predicted octanol–water partition coefficient (Wildman–Crippen LogP) is 1.96. The number of hydrogen-bond donors (Lipinski definition) is 1. The van der Waals surface area contributed by atoms with Crippen molar-refractivity contribution in [2.75, 3.05) is 0 Å². The van der Waals surface area contributed by atoms with Gasteiger partial charge in [0, 0.05) is 12.4 Å². The van der Waals surface area contributed by atoms with E-state index in [1.54, 1.807) is 22.8 Å². The quantitative estimate of drug-likeness (QED) is 0.0851. The van der Waals surface area contributed by atoms with Crippen molar-refractivity contribution in [2.24, 2.45) is 0 Å². The van der Waals surface area contributed by atoms with Crippen LogP contribution in [0.1, 0.15) is 58.9 Å². The molecule has 0 fully saturated rings. The van der Waals surface area contributed by atoms with Crippen LogP contribution in [0.2, 0.25) is 5.15 Å². The van der Waals surface area contributed by atoms with Crippen LogP contribution in [0.3, 0.4) is 0 Å². The molecule has 0 saturated heterocycles. The molecule has 5 aromatic rings. The first-order chi connectivity index (χ1) is 21.4. The molecule has 3 aromatic carbocycles. The summed E-state index contributed by atoms with van der Waals surface area (Å²) in [5, 5.41) is 35.1. The molecule has 5 rings (SSSR count). The maximum atomic E-state index is 13.2. The van der Waals surface area contributed by atoms with E-state index in [0.717, 1.165) is 22.3 Å². The Morgan fingerprint density at radius 3 is 2.51 bits per heavy atom. The minimum atomic E-state index is -0.897. The number of esters is 1. The number of nitrogens with zero attached hydrogens (tertiary/aromatic N) is 7. The second-order valence-corrected chi connectivity index (χ2v) is 10.1. The molecule has 0 aliphatic carbocycles. The van der Waals surface area contributed by atoms with Crippen molar-refractivity contribution in [3.63, 3.8) is 0 Å². The Hall–Kier alpha value is -3.50. The molecule has 0 amide bonds. The SMILES string of the molecule is CCCC(OC(=O)c1cccc(CO[N+](=O)[O-])c1)c1nc(Cl)c(CO)n1Cc1ccc(-c2ccccc2-c2nnn[n-]2)cc1.[K+].